The number of pyridine rings is 1. The molecule has 0 spiro atoms. The van der Waals surface area contributed by atoms with Crippen molar-refractivity contribution in [3.63, 3.8) is 0 Å². The fourth-order valence-corrected chi connectivity index (χ4v) is 1.70. The maximum Gasteiger partial charge on any atom is 0.310 e. The third kappa shape index (κ3) is 3.17. The number of hydrogen-bond acceptors (Lipinski definition) is 5. The molecule has 0 aliphatic carbocycles. The Kier molecular flexibility index (Phi) is 4.05. The summed E-state index contributed by atoms with van der Waals surface area (Å²) in [5, 5.41) is 10.9. The van der Waals surface area contributed by atoms with Crippen molar-refractivity contribution in [1.82, 2.24) is 4.98 Å². The summed E-state index contributed by atoms with van der Waals surface area (Å²) in [4.78, 5) is 25.3. The predicted molar refractivity (Wildman–Crippen MR) is 71.8 cm³/mol. The lowest BCUT2D eigenvalue weighted by Crippen LogP contribution is -2.02. The SMILES string of the molecule is Cc1cccc(COc2cc(C=O)ccc2[N+](=O)[O-])n1. The number of aromatic nitrogens is 1. The van der Waals surface area contributed by atoms with Crippen LogP contribution in [-0.4, -0.2) is 16.2 Å². The summed E-state index contributed by atoms with van der Waals surface area (Å²) in [7, 11) is 0. The van der Waals surface area contributed by atoms with Crippen LogP contribution in [0.25, 0.3) is 0 Å². The molecule has 0 saturated carbocycles. The van der Waals surface area contributed by atoms with Gasteiger partial charge in [0.15, 0.2) is 5.75 Å². The van der Waals surface area contributed by atoms with E-state index in [1.54, 1.807) is 6.07 Å². The van der Waals surface area contributed by atoms with Gasteiger partial charge in [-0.25, -0.2) is 0 Å². The number of ether oxygens (including phenoxy) is 1. The number of nitrogens with zero attached hydrogens (tertiary/aromatic N) is 2. The molecule has 0 bridgehead atoms. The largest absolute Gasteiger partial charge is 0.480 e. The second-order valence-electron chi connectivity index (χ2n) is 4.16. The molecule has 0 N–H and O–H groups in total. The van der Waals surface area contributed by atoms with Crippen molar-refractivity contribution in [3.05, 3.63) is 63.5 Å². The molecule has 1 aromatic carbocycles. The van der Waals surface area contributed by atoms with Gasteiger partial charge >= 0.3 is 5.69 Å². The van der Waals surface area contributed by atoms with E-state index in [0.29, 0.717) is 17.5 Å². The summed E-state index contributed by atoms with van der Waals surface area (Å²) in [6.07, 6.45) is 0.613. The minimum atomic E-state index is -0.548. The second-order valence-corrected chi connectivity index (χ2v) is 4.16. The van der Waals surface area contributed by atoms with Gasteiger partial charge in [-0.15, -0.1) is 0 Å². The van der Waals surface area contributed by atoms with Gasteiger partial charge in [-0.2, -0.15) is 0 Å². The molecule has 6 nitrogen and oxygen atoms in total. The van der Waals surface area contributed by atoms with Crippen molar-refractivity contribution in [3.8, 4) is 5.75 Å². The first-order valence-electron chi connectivity index (χ1n) is 5.89. The number of hydrogen-bond donors (Lipinski definition) is 0. The zero-order chi connectivity index (χ0) is 14.5. The summed E-state index contributed by atoms with van der Waals surface area (Å²) in [6.45, 7) is 1.95. The molecule has 0 saturated heterocycles. The summed E-state index contributed by atoms with van der Waals surface area (Å²) >= 11 is 0. The van der Waals surface area contributed by atoms with E-state index in [2.05, 4.69) is 4.98 Å². The maximum absolute atomic E-state index is 10.9. The van der Waals surface area contributed by atoms with Crippen LogP contribution in [-0.2, 0) is 6.61 Å². The average Bonchev–Trinajstić information content (AvgIpc) is 2.44. The van der Waals surface area contributed by atoms with Crippen molar-refractivity contribution >= 4 is 12.0 Å². The second kappa shape index (κ2) is 5.92. The lowest BCUT2D eigenvalue weighted by atomic mass is 10.2. The highest BCUT2D eigenvalue weighted by atomic mass is 16.6. The van der Waals surface area contributed by atoms with Gasteiger partial charge in [-0.05, 0) is 31.2 Å². The minimum Gasteiger partial charge on any atom is -0.480 e. The molecular formula is C14H12N2O4. The Morgan fingerprint density at radius 3 is 2.80 bits per heavy atom. The van der Waals surface area contributed by atoms with Gasteiger partial charge in [0.1, 0.15) is 12.9 Å². The van der Waals surface area contributed by atoms with Gasteiger partial charge in [-0.3, -0.25) is 19.9 Å². The summed E-state index contributed by atoms with van der Waals surface area (Å²) in [5.41, 5.74) is 1.64. The Morgan fingerprint density at radius 1 is 1.35 bits per heavy atom. The monoisotopic (exact) mass is 272 g/mol. The fourth-order valence-electron chi connectivity index (χ4n) is 1.70. The summed E-state index contributed by atoms with van der Waals surface area (Å²) < 4.78 is 5.42. The van der Waals surface area contributed by atoms with Crippen LogP contribution in [0.1, 0.15) is 21.7 Å². The number of aryl methyl sites for hydroxylation is 1. The Morgan fingerprint density at radius 2 is 2.15 bits per heavy atom. The van der Waals surface area contributed by atoms with Crippen LogP contribution in [0.3, 0.4) is 0 Å². The van der Waals surface area contributed by atoms with Gasteiger partial charge in [0.2, 0.25) is 0 Å². The standard InChI is InChI=1S/C14H12N2O4/c1-10-3-2-4-12(15-10)9-20-14-7-11(8-17)5-6-13(14)16(18)19/h2-8H,9H2,1H3. The van der Waals surface area contributed by atoms with E-state index in [1.807, 2.05) is 19.1 Å². The number of rotatable bonds is 5. The van der Waals surface area contributed by atoms with E-state index in [9.17, 15) is 14.9 Å². The first-order chi connectivity index (χ1) is 9.60. The minimum absolute atomic E-state index is 0.0582. The molecular weight excluding hydrogens is 260 g/mol. The highest BCUT2D eigenvalue weighted by Gasteiger charge is 2.15. The van der Waals surface area contributed by atoms with E-state index in [0.717, 1.165) is 5.69 Å². The van der Waals surface area contributed by atoms with Gasteiger partial charge < -0.3 is 4.74 Å². The molecule has 0 amide bonds. The summed E-state index contributed by atoms with van der Waals surface area (Å²) in [6, 6.07) is 9.42. The van der Waals surface area contributed by atoms with Gasteiger partial charge in [0.25, 0.3) is 0 Å². The van der Waals surface area contributed by atoms with Crippen LogP contribution in [0.2, 0.25) is 0 Å². The molecule has 0 aliphatic rings. The number of benzene rings is 1. The van der Waals surface area contributed by atoms with Crippen LogP contribution in [0.4, 0.5) is 5.69 Å². The topological polar surface area (TPSA) is 82.3 Å². The van der Waals surface area contributed by atoms with Crippen LogP contribution >= 0.6 is 0 Å². The van der Waals surface area contributed by atoms with Gasteiger partial charge in [0, 0.05) is 17.3 Å². The van der Waals surface area contributed by atoms with E-state index < -0.39 is 4.92 Å². The zero-order valence-electron chi connectivity index (χ0n) is 10.8. The predicted octanol–water partition coefficient (Wildman–Crippen LogP) is 2.69. The highest BCUT2D eigenvalue weighted by molar-refractivity contribution is 5.76. The number of nitro benzene ring substituents is 1. The third-order valence-corrected chi connectivity index (χ3v) is 2.64. The molecule has 20 heavy (non-hydrogen) atoms. The Balaban J connectivity index is 2.23. The van der Waals surface area contributed by atoms with Crippen molar-refractivity contribution in [2.45, 2.75) is 13.5 Å². The highest BCUT2D eigenvalue weighted by Crippen LogP contribution is 2.28. The van der Waals surface area contributed by atoms with Gasteiger partial charge in [-0.1, -0.05) is 6.07 Å². The quantitative estimate of drug-likeness (QED) is 0.474. The maximum atomic E-state index is 10.9. The first-order valence-corrected chi connectivity index (χ1v) is 5.89. The van der Waals surface area contributed by atoms with Crippen molar-refractivity contribution in [2.75, 3.05) is 0 Å². The normalized spacial score (nSPS) is 10.1. The lowest BCUT2D eigenvalue weighted by Gasteiger charge is -2.07. The zero-order valence-corrected chi connectivity index (χ0v) is 10.8. The molecule has 0 radical (unpaired) electrons. The molecule has 1 heterocycles. The molecule has 0 atom stereocenters. The lowest BCUT2D eigenvalue weighted by molar-refractivity contribution is -0.385. The fraction of sp³-hybridized carbons (Fsp3) is 0.143. The number of aldehydes is 1. The molecule has 2 rings (SSSR count). The number of nitro groups is 1. The van der Waals surface area contributed by atoms with Crippen LogP contribution in [0.5, 0.6) is 5.75 Å². The average molecular weight is 272 g/mol. The van der Waals surface area contributed by atoms with Crippen LogP contribution in [0, 0.1) is 17.0 Å². The van der Waals surface area contributed by atoms with Crippen LogP contribution < -0.4 is 4.74 Å². The van der Waals surface area contributed by atoms with Gasteiger partial charge in [0.05, 0.1) is 10.6 Å². The van der Waals surface area contributed by atoms with Crippen molar-refractivity contribution in [1.29, 1.82) is 0 Å². The van der Waals surface area contributed by atoms with E-state index >= 15 is 0 Å². The smallest absolute Gasteiger partial charge is 0.310 e. The Bertz CT molecular complexity index is 655. The summed E-state index contributed by atoms with van der Waals surface area (Å²) in [5.74, 6) is 0.0582. The number of carbonyl (C=O) groups is 1. The molecule has 2 aromatic rings. The molecule has 0 unspecified atom stereocenters. The third-order valence-electron chi connectivity index (χ3n) is 2.64. The molecule has 1 aromatic heterocycles. The van der Waals surface area contributed by atoms with Crippen molar-refractivity contribution < 1.29 is 14.5 Å². The number of carbonyl (C=O) groups excluding carboxylic acids is 1. The molecule has 6 heteroatoms. The van der Waals surface area contributed by atoms with Crippen molar-refractivity contribution in [2.24, 2.45) is 0 Å². The van der Waals surface area contributed by atoms with Crippen LogP contribution in [0.15, 0.2) is 36.4 Å². The molecule has 0 fully saturated rings. The first kappa shape index (κ1) is 13.7. The Hall–Kier alpha value is -2.76. The molecule has 102 valence electrons. The van der Waals surface area contributed by atoms with E-state index in [1.165, 1.54) is 18.2 Å². The van der Waals surface area contributed by atoms with E-state index in [4.69, 9.17) is 4.74 Å². The van der Waals surface area contributed by atoms with E-state index in [-0.39, 0.29) is 18.0 Å². The molecule has 0 aliphatic heterocycles. The Labute approximate surface area is 115 Å².